The van der Waals surface area contributed by atoms with Crippen molar-refractivity contribution >= 4 is 27.4 Å². The highest BCUT2D eigenvalue weighted by Crippen LogP contribution is 2.36. The number of hydrogen-bond donors (Lipinski definition) is 1. The maximum Gasteiger partial charge on any atom is 0.341 e. The van der Waals surface area contributed by atoms with E-state index in [1.54, 1.807) is 0 Å². The maximum absolute atomic E-state index is 13.0. The van der Waals surface area contributed by atoms with Gasteiger partial charge in [0.25, 0.3) is 15.7 Å². The summed E-state index contributed by atoms with van der Waals surface area (Å²) in [5, 5.41) is 20.8. The number of aromatic hydroxyl groups is 1. The van der Waals surface area contributed by atoms with Gasteiger partial charge in [0, 0.05) is 18.7 Å². The Balaban J connectivity index is 2.08. The molecule has 0 fully saturated rings. The van der Waals surface area contributed by atoms with Crippen molar-refractivity contribution in [2.45, 2.75) is 17.7 Å². The second-order valence-corrected chi connectivity index (χ2v) is 7.78. The Bertz CT molecular complexity index is 1020. The first-order valence-corrected chi connectivity index (χ1v) is 9.41. The van der Waals surface area contributed by atoms with E-state index in [9.17, 15) is 28.4 Å². The lowest BCUT2D eigenvalue weighted by molar-refractivity contribution is -0.384. The van der Waals surface area contributed by atoms with Gasteiger partial charge in [-0.15, -0.1) is 0 Å². The van der Waals surface area contributed by atoms with Crippen LogP contribution in [0.25, 0.3) is 0 Å². The van der Waals surface area contributed by atoms with E-state index in [0.717, 1.165) is 23.5 Å². The third-order valence-corrected chi connectivity index (χ3v) is 6.14. The SMILES string of the molecule is COC(=O)c1cc2c(cc1O)CCCN2S(=O)(=O)c1ccc([N+](=O)[O-])cc1. The van der Waals surface area contributed by atoms with Crippen molar-refractivity contribution in [2.24, 2.45) is 0 Å². The number of benzene rings is 2. The Morgan fingerprint density at radius 1 is 1.26 bits per heavy atom. The van der Waals surface area contributed by atoms with E-state index in [4.69, 9.17) is 0 Å². The number of fused-ring (bicyclic) bond motifs is 1. The van der Waals surface area contributed by atoms with Crippen molar-refractivity contribution in [1.82, 2.24) is 0 Å². The fourth-order valence-electron chi connectivity index (χ4n) is 2.98. The predicted molar refractivity (Wildman–Crippen MR) is 95.4 cm³/mol. The number of carbonyl (C=O) groups excluding carboxylic acids is 1. The molecule has 1 N–H and O–H groups in total. The maximum atomic E-state index is 13.0. The first-order chi connectivity index (χ1) is 12.8. The lowest BCUT2D eigenvalue weighted by Crippen LogP contribution is -2.35. The molecule has 10 heteroatoms. The average molecular weight is 392 g/mol. The second kappa shape index (κ2) is 6.88. The molecule has 0 amide bonds. The minimum absolute atomic E-state index is 0.103. The van der Waals surface area contributed by atoms with Gasteiger partial charge in [0.1, 0.15) is 11.3 Å². The van der Waals surface area contributed by atoms with Gasteiger partial charge in [-0.1, -0.05) is 0 Å². The van der Waals surface area contributed by atoms with Gasteiger partial charge in [-0.3, -0.25) is 14.4 Å². The summed E-state index contributed by atoms with van der Waals surface area (Å²) >= 11 is 0. The summed E-state index contributed by atoms with van der Waals surface area (Å²) in [6.45, 7) is 0.178. The van der Waals surface area contributed by atoms with Crippen LogP contribution in [0, 0.1) is 10.1 Å². The topological polar surface area (TPSA) is 127 Å². The number of anilines is 1. The fourth-order valence-corrected chi connectivity index (χ4v) is 4.51. The van der Waals surface area contributed by atoms with Gasteiger partial charge < -0.3 is 9.84 Å². The number of methoxy groups -OCH3 is 1. The largest absolute Gasteiger partial charge is 0.507 e. The number of rotatable bonds is 4. The van der Waals surface area contributed by atoms with Gasteiger partial charge in [0.05, 0.1) is 22.6 Å². The number of nitrogens with zero attached hydrogens (tertiary/aromatic N) is 2. The highest BCUT2D eigenvalue weighted by Gasteiger charge is 2.31. The van der Waals surface area contributed by atoms with Gasteiger partial charge in [0.15, 0.2) is 0 Å². The number of phenols is 1. The van der Waals surface area contributed by atoms with E-state index in [2.05, 4.69) is 4.74 Å². The average Bonchev–Trinajstić information content (AvgIpc) is 2.66. The highest BCUT2D eigenvalue weighted by molar-refractivity contribution is 7.92. The van der Waals surface area contributed by atoms with Crippen LogP contribution < -0.4 is 4.31 Å². The van der Waals surface area contributed by atoms with E-state index in [0.29, 0.717) is 18.4 Å². The molecule has 2 aromatic carbocycles. The molecule has 0 aromatic heterocycles. The standard InChI is InChI=1S/C17H16N2O7S/c1-26-17(21)14-10-15-11(9-16(14)20)3-2-8-18(15)27(24,25)13-6-4-12(5-7-13)19(22)23/h4-7,9-10,20H,2-3,8H2,1H3. The quantitative estimate of drug-likeness (QED) is 0.480. The molecule has 9 nitrogen and oxygen atoms in total. The van der Waals surface area contributed by atoms with Crippen LogP contribution in [0.4, 0.5) is 11.4 Å². The van der Waals surface area contributed by atoms with Crippen LogP contribution in [0.1, 0.15) is 22.3 Å². The van der Waals surface area contributed by atoms with Gasteiger partial charge in [0.2, 0.25) is 0 Å². The van der Waals surface area contributed by atoms with Crippen LogP contribution in [0.5, 0.6) is 5.75 Å². The van der Waals surface area contributed by atoms with Crippen LogP contribution in [-0.4, -0.2) is 38.1 Å². The van der Waals surface area contributed by atoms with Crippen LogP contribution in [-0.2, 0) is 21.2 Å². The van der Waals surface area contributed by atoms with Crippen molar-refractivity contribution in [2.75, 3.05) is 18.0 Å². The van der Waals surface area contributed by atoms with Crippen molar-refractivity contribution in [1.29, 1.82) is 0 Å². The summed E-state index contributed by atoms with van der Waals surface area (Å²) in [4.78, 5) is 21.9. The van der Waals surface area contributed by atoms with E-state index in [-0.39, 0.29) is 34.1 Å². The molecule has 1 aliphatic rings. The third kappa shape index (κ3) is 3.31. The Morgan fingerprint density at radius 3 is 2.52 bits per heavy atom. The highest BCUT2D eigenvalue weighted by atomic mass is 32.2. The molecule has 27 heavy (non-hydrogen) atoms. The number of ether oxygens (including phenoxy) is 1. The lowest BCUT2D eigenvalue weighted by Gasteiger charge is -2.31. The van der Waals surface area contributed by atoms with E-state index >= 15 is 0 Å². The summed E-state index contributed by atoms with van der Waals surface area (Å²) in [5.41, 5.74) is 0.502. The van der Waals surface area contributed by atoms with Crippen molar-refractivity contribution < 1.29 is 28.0 Å². The molecule has 142 valence electrons. The molecule has 0 spiro atoms. The van der Waals surface area contributed by atoms with Crippen molar-refractivity contribution in [3.8, 4) is 5.75 Å². The molecular weight excluding hydrogens is 376 g/mol. The van der Waals surface area contributed by atoms with Gasteiger partial charge in [-0.05, 0) is 42.7 Å². The molecule has 0 atom stereocenters. The lowest BCUT2D eigenvalue weighted by atomic mass is 10.0. The number of carbonyl (C=O) groups is 1. The zero-order valence-corrected chi connectivity index (χ0v) is 15.1. The molecule has 2 aromatic rings. The summed E-state index contributed by atoms with van der Waals surface area (Å²) in [7, 11) is -2.84. The Kier molecular flexibility index (Phi) is 4.75. The van der Waals surface area contributed by atoms with Crippen LogP contribution in [0.15, 0.2) is 41.3 Å². The summed E-state index contributed by atoms with van der Waals surface area (Å²) in [6.07, 6.45) is 1.06. The number of sulfonamides is 1. The molecule has 3 rings (SSSR count). The number of esters is 1. The van der Waals surface area contributed by atoms with Crippen LogP contribution >= 0.6 is 0 Å². The molecule has 1 aliphatic heterocycles. The number of nitro groups is 1. The Labute approximate surface area is 155 Å². The fraction of sp³-hybridized carbons (Fsp3) is 0.235. The van der Waals surface area contributed by atoms with E-state index in [1.807, 2.05) is 0 Å². The first-order valence-electron chi connectivity index (χ1n) is 7.97. The first kappa shape index (κ1) is 18.6. The van der Waals surface area contributed by atoms with Gasteiger partial charge in [-0.2, -0.15) is 0 Å². The van der Waals surface area contributed by atoms with E-state index in [1.165, 1.54) is 24.3 Å². The normalized spacial score (nSPS) is 13.7. The smallest absolute Gasteiger partial charge is 0.341 e. The minimum atomic E-state index is -4.00. The van der Waals surface area contributed by atoms with E-state index < -0.39 is 20.9 Å². The summed E-state index contributed by atoms with van der Waals surface area (Å²) in [5.74, 6) is -1.07. The minimum Gasteiger partial charge on any atom is -0.507 e. The predicted octanol–water partition coefficient (Wildman–Crippen LogP) is 2.23. The van der Waals surface area contributed by atoms with Crippen molar-refractivity contribution in [3.63, 3.8) is 0 Å². The molecule has 0 saturated carbocycles. The molecule has 0 saturated heterocycles. The number of phenolic OH excluding ortho intramolecular Hbond substituents is 1. The molecule has 0 unspecified atom stereocenters. The molecule has 0 aliphatic carbocycles. The molecular formula is C17H16N2O7S. The number of aryl methyl sites for hydroxylation is 1. The zero-order valence-electron chi connectivity index (χ0n) is 14.3. The molecule has 1 heterocycles. The zero-order chi connectivity index (χ0) is 19.8. The number of hydrogen-bond acceptors (Lipinski definition) is 7. The molecule has 0 bridgehead atoms. The number of nitro benzene ring substituents is 1. The Morgan fingerprint density at radius 2 is 1.93 bits per heavy atom. The van der Waals surface area contributed by atoms with Crippen LogP contribution in [0.3, 0.4) is 0 Å². The third-order valence-electron chi connectivity index (χ3n) is 4.31. The van der Waals surface area contributed by atoms with Crippen LogP contribution in [0.2, 0.25) is 0 Å². The summed E-state index contributed by atoms with van der Waals surface area (Å²) in [6, 6.07) is 7.23. The number of non-ortho nitro benzene ring substituents is 1. The molecule has 0 radical (unpaired) electrons. The monoisotopic (exact) mass is 392 g/mol. The van der Waals surface area contributed by atoms with Gasteiger partial charge in [-0.25, -0.2) is 13.2 Å². The summed E-state index contributed by atoms with van der Waals surface area (Å²) < 4.78 is 31.8. The second-order valence-electron chi connectivity index (χ2n) is 5.92. The Hall–Kier alpha value is -3.14. The van der Waals surface area contributed by atoms with Crippen molar-refractivity contribution in [3.05, 3.63) is 57.6 Å². The van der Waals surface area contributed by atoms with Gasteiger partial charge >= 0.3 is 5.97 Å².